The van der Waals surface area contributed by atoms with Gasteiger partial charge in [-0.05, 0) is 12.8 Å². The fourth-order valence-corrected chi connectivity index (χ4v) is 2.24. The molecule has 5 heteroatoms. The minimum atomic E-state index is -2.55. The Labute approximate surface area is 67.9 Å². The molecule has 1 aliphatic rings. The first-order valence-electron chi connectivity index (χ1n) is 2.54. The molecule has 1 fully saturated rings. The van der Waals surface area contributed by atoms with Gasteiger partial charge < -0.3 is 0 Å². The van der Waals surface area contributed by atoms with Gasteiger partial charge in [-0.15, -0.1) is 0 Å². The van der Waals surface area contributed by atoms with Crippen LogP contribution in [0.4, 0.5) is 0 Å². The van der Waals surface area contributed by atoms with E-state index in [0.717, 1.165) is 12.8 Å². The van der Waals surface area contributed by atoms with Crippen molar-refractivity contribution in [3.05, 3.63) is 0 Å². The Morgan fingerprint density at radius 1 is 1.11 bits per heavy atom. The molecule has 0 atom stereocenters. The third-order valence-electron chi connectivity index (χ3n) is 1.16. The fourth-order valence-electron chi connectivity index (χ4n) is 0.746. The van der Waals surface area contributed by atoms with Crippen molar-refractivity contribution in [1.29, 1.82) is 0 Å². The summed E-state index contributed by atoms with van der Waals surface area (Å²) in [7, 11) is 1.84. The Morgan fingerprint density at radius 3 is 1.56 bits per heavy atom. The van der Waals surface area contributed by atoms with Crippen LogP contribution in [0.15, 0.2) is 0 Å². The summed E-state index contributed by atoms with van der Waals surface area (Å²) in [5.41, 5.74) is 0. The molecule has 0 aromatic carbocycles. The van der Waals surface area contributed by atoms with E-state index < -0.39 is 9.84 Å². The van der Waals surface area contributed by atoms with Gasteiger partial charge in [-0.1, -0.05) is 0 Å². The maximum atomic E-state index is 10.4. The molecule has 0 amide bonds. The molecule has 0 radical (unpaired) electrons. The molecule has 1 aliphatic heterocycles. The van der Waals surface area contributed by atoms with Crippen molar-refractivity contribution in [3.63, 3.8) is 0 Å². The van der Waals surface area contributed by atoms with E-state index in [9.17, 15) is 8.42 Å². The van der Waals surface area contributed by atoms with E-state index >= 15 is 0 Å². The van der Waals surface area contributed by atoms with Gasteiger partial charge in [0, 0.05) is 0 Å². The van der Waals surface area contributed by atoms with Gasteiger partial charge in [0.2, 0.25) is 0 Å². The molecule has 0 aliphatic carbocycles. The average Bonchev–Trinajstić information content (AvgIpc) is 2.19. The van der Waals surface area contributed by atoms with Gasteiger partial charge in [-0.25, -0.2) is 8.42 Å². The van der Waals surface area contributed by atoms with E-state index in [2.05, 4.69) is 25.2 Å². The molecule has 1 rings (SSSR count). The van der Waals surface area contributed by atoms with Crippen LogP contribution in [0.3, 0.4) is 0 Å². The summed E-state index contributed by atoms with van der Waals surface area (Å²) < 4.78 is 20.9. The number of halogens is 1. The molecule has 0 aromatic heterocycles. The van der Waals surface area contributed by atoms with Gasteiger partial charge >= 0.3 is 25.2 Å². The van der Waals surface area contributed by atoms with Gasteiger partial charge in [0.1, 0.15) is 9.84 Å². The quantitative estimate of drug-likeness (QED) is 0.558. The summed E-state index contributed by atoms with van der Waals surface area (Å²) in [4.78, 5) is 0. The Balaban J connectivity index is 0.000000291. The predicted molar refractivity (Wildman–Crippen MR) is 33.7 cm³/mol. The van der Waals surface area contributed by atoms with Crippen molar-refractivity contribution < 1.29 is 23.5 Å². The second-order valence-electron chi connectivity index (χ2n) is 1.86. The van der Waals surface area contributed by atoms with Crippen molar-refractivity contribution in [2.75, 3.05) is 11.5 Å². The summed E-state index contributed by atoms with van der Waals surface area (Å²) in [6, 6.07) is 0. The van der Waals surface area contributed by atoms with Gasteiger partial charge in [0.05, 0.1) is 11.5 Å². The average molecular weight is 211 g/mol. The topological polar surface area (TPSA) is 34.1 Å². The van der Waals surface area contributed by atoms with Crippen LogP contribution in [0.1, 0.15) is 12.8 Å². The van der Waals surface area contributed by atoms with E-state index in [-0.39, 0.29) is 0 Å². The maximum absolute atomic E-state index is 10.4. The van der Waals surface area contributed by atoms with Crippen LogP contribution in [0, 0.1) is 0 Å². The summed E-state index contributed by atoms with van der Waals surface area (Å²) in [5, 5.41) is 0. The zero-order valence-electron chi connectivity index (χ0n) is 4.78. The first-order valence-corrected chi connectivity index (χ1v) is 5.88. The van der Waals surface area contributed by atoms with E-state index in [4.69, 9.17) is 0 Å². The molecule has 0 unspecified atom stereocenters. The zero-order valence-corrected chi connectivity index (χ0v) is 7.46. The van der Waals surface area contributed by atoms with Crippen LogP contribution < -0.4 is 0 Å². The molecular formula is C4H8ClFeO2S. The first-order chi connectivity index (χ1) is 4.21. The minimum absolute atomic E-state index is 0.424. The SMILES string of the molecule is O=S1(=O)CCCC1.[Cl][Fe]. The van der Waals surface area contributed by atoms with E-state index in [0.29, 0.717) is 11.5 Å². The van der Waals surface area contributed by atoms with Crippen molar-refractivity contribution >= 4 is 19.9 Å². The summed E-state index contributed by atoms with van der Waals surface area (Å²) in [5.74, 6) is 0.847. The predicted octanol–water partition coefficient (Wildman–Crippen LogP) is 0.882. The first kappa shape index (κ1) is 9.76. The van der Waals surface area contributed by atoms with Crippen LogP contribution >= 0.6 is 10.1 Å². The van der Waals surface area contributed by atoms with E-state index in [1.807, 2.05) is 0 Å². The van der Waals surface area contributed by atoms with Gasteiger partial charge in [-0.3, -0.25) is 0 Å². The number of rotatable bonds is 0. The molecular weight excluding hydrogens is 203 g/mol. The Hall–Kier alpha value is 0.759. The molecule has 2 nitrogen and oxygen atoms in total. The van der Waals surface area contributed by atoms with Crippen molar-refractivity contribution in [3.8, 4) is 0 Å². The molecule has 1 heterocycles. The molecule has 1 saturated heterocycles. The van der Waals surface area contributed by atoms with Crippen molar-refractivity contribution in [2.45, 2.75) is 12.8 Å². The third kappa shape index (κ3) is 4.20. The van der Waals surface area contributed by atoms with Gasteiger partial charge in [0.25, 0.3) is 0 Å². The third-order valence-corrected chi connectivity index (χ3v) is 2.98. The second kappa shape index (κ2) is 4.56. The summed E-state index contributed by atoms with van der Waals surface area (Å²) in [6.45, 7) is 0. The van der Waals surface area contributed by atoms with Crippen LogP contribution in [0.5, 0.6) is 0 Å². The number of hydrogen-bond donors (Lipinski definition) is 0. The fraction of sp³-hybridized carbons (Fsp3) is 1.00. The molecule has 9 heavy (non-hydrogen) atoms. The number of hydrogen-bond acceptors (Lipinski definition) is 2. The Bertz CT molecular complexity index is 142. The molecule has 0 aromatic rings. The van der Waals surface area contributed by atoms with E-state index in [1.165, 1.54) is 0 Å². The molecule has 0 bridgehead atoms. The second-order valence-corrected chi connectivity index (χ2v) is 4.16. The monoisotopic (exact) mass is 211 g/mol. The molecule has 0 saturated carbocycles. The van der Waals surface area contributed by atoms with E-state index in [1.54, 1.807) is 0 Å². The summed E-state index contributed by atoms with van der Waals surface area (Å²) >= 11 is 2.72. The summed E-state index contributed by atoms with van der Waals surface area (Å²) in [6.07, 6.45) is 1.75. The number of sulfone groups is 1. The van der Waals surface area contributed by atoms with Crippen LogP contribution in [0.25, 0.3) is 0 Å². The molecule has 0 spiro atoms. The van der Waals surface area contributed by atoms with Crippen LogP contribution in [-0.4, -0.2) is 19.9 Å². The Morgan fingerprint density at radius 2 is 1.44 bits per heavy atom. The van der Waals surface area contributed by atoms with Crippen molar-refractivity contribution in [1.82, 2.24) is 0 Å². The molecule has 0 N–H and O–H groups in total. The standard InChI is InChI=1S/C4H8O2S.ClH.Fe/c5-7(6)3-1-2-4-7;;/h1-4H2;1H;/q;;+1/p-1. The normalized spacial score (nSPS) is 22.4. The Kier molecular flexibility index (Phi) is 4.94. The zero-order chi connectivity index (χ0) is 7.33. The van der Waals surface area contributed by atoms with Gasteiger partial charge in [-0.2, -0.15) is 0 Å². The van der Waals surface area contributed by atoms with Gasteiger partial charge in [0.15, 0.2) is 0 Å². The molecule has 57 valence electrons. The van der Waals surface area contributed by atoms with Crippen LogP contribution in [0.2, 0.25) is 0 Å². The van der Waals surface area contributed by atoms with Crippen LogP contribution in [-0.2, 0) is 24.9 Å². The van der Waals surface area contributed by atoms with Crippen molar-refractivity contribution in [2.24, 2.45) is 0 Å².